The number of hydrogen-bond donors (Lipinski definition) is 3. The van der Waals surface area contributed by atoms with Crippen molar-refractivity contribution in [3.8, 4) is 11.4 Å². The normalized spacial score (nSPS) is 12.0. The molecule has 0 aliphatic carbocycles. The number of aromatic nitrogens is 4. The van der Waals surface area contributed by atoms with Crippen LogP contribution in [0.25, 0.3) is 11.4 Å². The standard InChI is InChI=1S/C20H24N6O/c1-14(2)18(13-27)25-20-24-17(16-8-4-6-10-22-16)11-19(26-20)23-12-15-7-3-5-9-21-15/h3-11,14,18,27H,12-13H2,1-2H3,(H2,23,24,25,26)/t18-/m1/s1. The van der Waals surface area contributed by atoms with Crippen LogP contribution in [0.5, 0.6) is 0 Å². The predicted octanol–water partition coefficient (Wildman–Crippen LogP) is 2.97. The number of anilines is 2. The Labute approximate surface area is 159 Å². The van der Waals surface area contributed by atoms with E-state index in [1.165, 1.54) is 0 Å². The second-order valence-corrected chi connectivity index (χ2v) is 6.53. The number of rotatable bonds is 8. The molecule has 0 aromatic carbocycles. The molecule has 7 nitrogen and oxygen atoms in total. The zero-order valence-electron chi connectivity index (χ0n) is 15.5. The molecule has 3 aromatic rings. The van der Waals surface area contributed by atoms with Gasteiger partial charge in [0.05, 0.1) is 36.3 Å². The van der Waals surface area contributed by atoms with Crippen molar-refractivity contribution in [3.05, 3.63) is 60.6 Å². The Hall–Kier alpha value is -3.06. The lowest BCUT2D eigenvalue weighted by molar-refractivity contribution is 0.248. The van der Waals surface area contributed by atoms with E-state index >= 15 is 0 Å². The van der Waals surface area contributed by atoms with Gasteiger partial charge in [-0.1, -0.05) is 26.0 Å². The van der Waals surface area contributed by atoms with Gasteiger partial charge >= 0.3 is 0 Å². The Morgan fingerprint density at radius 1 is 0.963 bits per heavy atom. The van der Waals surface area contributed by atoms with E-state index < -0.39 is 0 Å². The van der Waals surface area contributed by atoms with Crippen LogP contribution >= 0.6 is 0 Å². The first kappa shape index (κ1) is 18.7. The molecule has 0 unspecified atom stereocenters. The highest BCUT2D eigenvalue weighted by Gasteiger charge is 2.15. The molecule has 0 bridgehead atoms. The summed E-state index contributed by atoms with van der Waals surface area (Å²) in [6.45, 7) is 4.63. The van der Waals surface area contributed by atoms with Crippen molar-refractivity contribution in [1.29, 1.82) is 0 Å². The van der Waals surface area contributed by atoms with Crippen LogP contribution in [0, 0.1) is 5.92 Å². The molecule has 3 aromatic heterocycles. The molecule has 27 heavy (non-hydrogen) atoms. The van der Waals surface area contributed by atoms with Crippen LogP contribution < -0.4 is 10.6 Å². The Morgan fingerprint density at radius 2 is 1.74 bits per heavy atom. The number of aliphatic hydroxyl groups is 1. The van der Waals surface area contributed by atoms with Gasteiger partial charge in [-0.3, -0.25) is 9.97 Å². The lowest BCUT2D eigenvalue weighted by atomic mass is 10.1. The maximum Gasteiger partial charge on any atom is 0.225 e. The second kappa shape index (κ2) is 9.05. The summed E-state index contributed by atoms with van der Waals surface area (Å²) in [5.41, 5.74) is 2.38. The van der Waals surface area contributed by atoms with Gasteiger partial charge in [-0.05, 0) is 30.2 Å². The van der Waals surface area contributed by atoms with Crippen LogP contribution in [0.4, 0.5) is 11.8 Å². The van der Waals surface area contributed by atoms with Gasteiger partial charge in [0, 0.05) is 18.5 Å². The minimum absolute atomic E-state index is 0.00549. The molecule has 1 atom stereocenters. The van der Waals surface area contributed by atoms with Crippen molar-refractivity contribution < 1.29 is 5.11 Å². The van der Waals surface area contributed by atoms with Gasteiger partial charge in [-0.25, -0.2) is 4.98 Å². The van der Waals surface area contributed by atoms with Crippen LogP contribution in [0.2, 0.25) is 0 Å². The summed E-state index contributed by atoms with van der Waals surface area (Å²) in [4.78, 5) is 17.8. The Morgan fingerprint density at radius 3 is 2.37 bits per heavy atom. The molecule has 0 spiro atoms. The van der Waals surface area contributed by atoms with Gasteiger partial charge in [-0.2, -0.15) is 4.98 Å². The summed E-state index contributed by atoms with van der Waals surface area (Å²) in [5, 5.41) is 16.1. The molecule has 3 N–H and O–H groups in total. The maximum absolute atomic E-state index is 9.61. The molecule has 0 aliphatic heterocycles. The second-order valence-electron chi connectivity index (χ2n) is 6.53. The first-order valence-corrected chi connectivity index (χ1v) is 8.97. The fourth-order valence-electron chi connectivity index (χ4n) is 2.52. The molecular weight excluding hydrogens is 340 g/mol. The fraction of sp³-hybridized carbons (Fsp3) is 0.300. The number of nitrogens with zero attached hydrogens (tertiary/aromatic N) is 4. The average Bonchev–Trinajstić information content (AvgIpc) is 2.71. The Kier molecular flexibility index (Phi) is 6.27. The number of pyridine rings is 2. The summed E-state index contributed by atoms with van der Waals surface area (Å²) in [7, 11) is 0. The van der Waals surface area contributed by atoms with Crippen LogP contribution in [0.1, 0.15) is 19.5 Å². The molecule has 0 saturated carbocycles. The molecule has 0 amide bonds. The first-order valence-electron chi connectivity index (χ1n) is 8.97. The fourth-order valence-corrected chi connectivity index (χ4v) is 2.52. The minimum Gasteiger partial charge on any atom is -0.394 e. The van der Waals surface area contributed by atoms with E-state index in [0.29, 0.717) is 24.0 Å². The van der Waals surface area contributed by atoms with E-state index in [-0.39, 0.29) is 18.6 Å². The quantitative estimate of drug-likeness (QED) is 0.565. The largest absolute Gasteiger partial charge is 0.394 e. The molecule has 0 aliphatic rings. The highest BCUT2D eigenvalue weighted by Crippen LogP contribution is 2.21. The topological polar surface area (TPSA) is 95.8 Å². The SMILES string of the molecule is CC(C)[C@@H](CO)Nc1nc(NCc2ccccn2)cc(-c2ccccn2)n1. The van der Waals surface area contributed by atoms with Crippen LogP contribution in [0.15, 0.2) is 54.9 Å². The van der Waals surface area contributed by atoms with Gasteiger partial charge in [0.25, 0.3) is 0 Å². The molecule has 0 saturated heterocycles. The summed E-state index contributed by atoms with van der Waals surface area (Å²) in [5.74, 6) is 1.36. The van der Waals surface area contributed by atoms with E-state index in [0.717, 1.165) is 11.4 Å². The van der Waals surface area contributed by atoms with Crippen LogP contribution in [-0.4, -0.2) is 37.7 Å². The summed E-state index contributed by atoms with van der Waals surface area (Å²) in [6.07, 6.45) is 3.49. The molecular formula is C20H24N6O. The van der Waals surface area contributed by atoms with Gasteiger partial charge in [-0.15, -0.1) is 0 Å². The van der Waals surface area contributed by atoms with Crippen molar-refractivity contribution in [2.24, 2.45) is 5.92 Å². The van der Waals surface area contributed by atoms with Crippen molar-refractivity contribution in [2.75, 3.05) is 17.2 Å². The summed E-state index contributed by atoms with van der Waals surface area (Å²) in [6, 6.07) is 13.2. The van der Waals surface area contributed by atoms with E-state index in [9.17, 15) is 5.11 Å². The van der Waals surface area contributed by atoms with Gasteiger partial charge in [0.15, 0.2) is 0 Å². The van der Waals surface area contributed by atoms with E-state index in [4.69, 9.17) is 0 Å². The monoisotopic (exact) mass is 364 g/mol. The van der Waals surface area contributed by atoms with Crippen molar-refractivity contribution in [2.45, 2.75) is 26.4 Å². The summed E-state index contributed by atoms with van der Waals surface area (Å²) < 4.78 is 0. The van der Waals surface area contributed by atoms with Crippen LogP contribution in [-0.2, 0) is 6.54 Å². The zero-order valence-corrected chi connectivity index (χ0v) is 15.5. The Bertz CT molecular complexity index is 842. The highest BCUT2D eigenvalue weighted by molar-refractivity contribution is 5.61. The molecule has 3 rings (SSSR count). The third kappa shape index (κ3) is 5.21. The minimum atomic E-state index is -0.132. The van der Waals surface area contributed by atoms with Gasteiger partial charge < -0.3 is 15.7 Å². The van der Waals surface area contributed by atoms with Gasteiger partial charge in [0.2, 0.25) is 5.95 Å². The number of nitrogens with one attached hydrogen (secondary N) is 2. The van der Waals surface area contributed by atoms with E-state index in [1.807, 2.05) is 56.3 Å². The molecule has 3 heterocycles. The predicted molar refractivity (Wildman–Crippen MR) is 106 cm³/mol. The third-order valence-corrected chi connectivity index (χ3v) is 4.15. The van der Waals surface area contributed by atoms with Crippen molar-refractivity contribution >= 4 is 11.8 Å². The van der Waals surface area contributed by atoms with Gasteiger partial charge in [0.1, 0.15) is 5.82 Å². The third-order valence-electron chi connectivity index (χ3n) is 4.15. The van der Waals surface area contributed by atoms with E-state index in [2.05, 4.69) is 30.6 Å². The zero-order chi connectivity index (χ0) is 19.1. The lowest BCUT2D eigenvalue weighted by Gasteiger charge is -2.20. The highest BCUT2D eigenvalue weighted by atomic mass is 16.3. The average molecular weight is 364 g/mol. The van der Waals surface area contributed by atoms with E-state index in [1.54, 1.807) is 12.4 Å². The lowest BCUT2D eigenvalue weighted by Crippen LogP contribution is -2.30. The number of hydrogen-bond acceptors (Lipinski definition) is 7. The smallest absolute Gasteiger partial charge is 0.225 e. The Balaban J connectivity index is 1.88. The maximum atomic E-state index is 9.61. The molecule has 0 radical (unpaired) electrons. The first-order chi connectivity index (χ1) is 13.2. The van der Waals surface area contributed by atoms with Crippen molar-refractivity contribution in [1.82, 2.24) is 19.9 Å². The summed E-state index contributed by atoms with van der Waals surface area (Å²) >= 11 is 0. The molecule has 0 fully saturated rings. The van der Waals surface area contributed by atoms with Crippen LogP contribution in [0.3, 0.4) is 0 Å². The molecule has 140 valence electrons. The molecule has 7 heteroatoms. The van der Waals surface area contributed by atoms with Crippen molar-refractivity contribution in [3.63, 3.8) is 0 Å². The number of aliphatic hydroxyl groups excluding tert-OH is 1.